The molecule has 0 bridgehead atoms. The Morgan fingerprint density at radius 2 is 2.00 bits per heavy atom. The molecule has 2 saturated heterocycles. The predicted octanol–water partition coefficient (Wildman–Crippen LogP) is 3.00. The van der Waals surface area contributed by atoms with Crippen molar-refractivity contribution >= 4 is 23.4 Å². The van der Waals surface area contributed by atoms with E-state index in [1.54, 1.807) is 6.92 Å². The topological polar surface area (TPSA) is 85.7 Å². The first-order chi connectivity index (χ1) is 16.0. The van der Waals surface area contributed by atoms with E-state index in [9.17, 15) is 9.59 Å². The summed E-state index contributed by atoms with van der Waals surface area (Å²) in [6, 6.07) is 10.3. The van der Waals surface area contributed by atoms with Gasteiger partial charge in [-0.1, -0.05) is 41.9 Å². The predicted molar refractivity (Wildman–Crippen MR) is 127 cm³/mol. The van der Waals surface area contributed by atoms with Gasteiger partial charge in [-0.2, -0.15) is 0 Å². The molecule has 1 atom stereocenters. The Morgan fingerprint density at radius 1 is 1.24 bits per heavy atom. The molecule has 0 aliphatic carbocycles. The summed E-state index contributed by atoms with van der Waals surface area (Å²) in [5.74, 6) is -0.334. The molecule has 0 spiro atoms. The van der Waals surface area contributed by atoms with Crippen LogP contribution in [0.4, 0.5) is 5.82 Å². The van der Waals surface area contributed by atoms with Crippen LogP contribution in [-0.4, -0.2) is 58.8 Å². The maximum absolute atomic E-state index is 13.1. The van der Waals surface area contributed by atoms with Gasteiger partial charge in [0.25, 0.3) is 5.56 Å². The van der Waals surface area contributed by atoms with E-state index in [4.69, 9.17) is 21.1 Å². The number of carbonyl (C=O) groups excluding carboxylic acids is 1. The van der Waals surface area contributed by atoms with Crippen LogP contribution in [0.15, 0.2) is 35.1 Å². The molecule has 1 unspecified atom stereocenters. The number of ether oxygens (including phenoxy) is 2. The van der Waals surface area contributed by atoms with Crippen molar-refractivity contribution < 1.29 is 14.3 Å². The summed E-state index contributed by atoms with van der Waals surface area (Å²) < 4.78 is 12.2. The van der Waals surface area contributed by atoms with Gasteiger partial charge in [0.05, 0.1) is 5.69 Å². The van der Waals surface area contributed by atoms with E-state index < -0.39 is 5.97 Å². The van der Waals surface area contributed by atoms with Gasteiger partial charge in [-0.15, -0.1) is 0 Å². The largest absolute Gasteiger partial charge is 0.459 e. The molecule has 178 valence electrons. The van der Waals surface area contributed by atoms with Crippen molar-refractivity contribution in [2.75, 3.05) is 31.6 Å². The summed E-state index contributed by atoms with van der Waals surface area (Å²) in [6.07, 6.45) is 4.30. The van der Waals surface area contributed by atoms with Gasteiger partial charge in [-0.25, -0.2) is 4.98 Å². The molecule has 0 radical (unpaired) electrons. The molecule has 0 saturated carbocycles. The first kappa shape index (κ1) is 23.7. The zero-order valence-corrected chi connectivity index (χ0v) is 19.7. The SMILES string of the molecule is Cc1c(Cl)nc(NCC2CCCN2C2CCOCC2)c(=O)n1CC(=O)OCc1ccccc1. The van der Waals surface area contributed by atoms with Gasteiger partial charge in [0.1, 0.15) is 13.2 Å². The normalized spacial score (nSPS) is 19.5. The molecule has 2 aromatic rings. The van der Waals surface area contributed by atoms with E-state index in [-0.39, 0.29) is 29.7 Å². The molecule has 1 aromatic carbocycles. The second kappa shape index (κ2) is 11.1. The monoisotopic (exact) mass is 474 g/mol. The molecule has 2 aliphatic rings. The van der Waals surface area contributed by atoms with Crippen LogP contribution in [0.3, 0.4) is 0 Å². The first-order valence-electron chi connectivity index (χ1n) is 11.6. The Labute approximate surface area is 198 Å². The minimum Gasteiger partial charge on any atom is -0.459 e. The second-order valence-electron chi connectivity index (χ2n) is 8.63. The van der Waals surface area contributed by atoms with Crippen molar-refractivity contribution in [2.24, 2.45) is 0 Å². The van der Waals surface area contributed by atoms with Crippen molar-refractivity contribution in [1.29, 1.82) is 0 Å². The Kier molecular flexibility index (Phi) is 8.01. The van der Waals surface area contributed by atoms with Gasteiger partial charge < -0.3 is 14.8 Å². The minimum atomic E-state index is -0.501. The van der Waals surface area contributed by atoms with Crippen LogP contribution >= 0.6 is 11.6 Å². The van der Waals surface area contributed by atoms with Crippen LogP contribution in [0.2, 0.25) is 5.15 Å². The van der Waals surface area contributed by atoms with Crippen LogP contribution in [0, 0.1) is 6.92 Å². The summed E-state index contributed by atoms with van der Waals surface area (Å²) in [5, 5.41) is 3.40. The average molecular weight is 475 g/mol. The van der Waals surface area contributed by atoms with E-state index in [0.717, 1.165) is 51.0 Å². The number of carbonyl (C=O) groups is 1. The van der Waals surface area contributed by atoms with Crippen LogP contribution < -0.4 is 10.9 Å². The van der Waals surface area contributed by atoms with Crippen LogP contribution in [-0.2, 0) is 27.4 Å². The fraction of sp³-hybridized carbons (Fsp3) is 0.542. The molecule has 2 fully saturated rings. The van der Waals surface area contributed by atoms with E-state index in [2.05, 4.69) is 15.2 Å². The maximum atomic E-state index is 13.1. The highest BCUT2D eigenvalue weighted by atomic mass is 35.5. The van der Waals surface area contributed by atoms with Gasteiger partial charge in [-0.05, 0) is 44.7 Å². The number of halogens is 1. The Morgan fingerprint density at radius 3 is 2.76 bits per heavy atom. The number of nitrogens with zero attached hydrogens (tertiary/aromatic N) is 3. The van der Waals surface area contributed by atoms with Crippen LogP contribution in [0.25, 0.3) is 0 Å². The summed E-state index contributed by atoms with van der Waals surface area (Å²) in [6.45, 7) is 4.90. The number of aromatic nitrogens is 2. The maximum Gasteiger partial charge on any atom is 0.326 e. The zero-order valence-electron chi connectivity index (χ0n) is 19.0. The molecular weight excluding hydrogens is 444 g/mol. The van der Waals surface area contributed by atoms with E-state index in [1.807, 2.05) is 30.3 Å². The third-order valence-electron chi connectivity index (χ3n) is 6.48. The number of benzene rings is 1. The Bertz CT molecular complexity index is 1010. The zero-order chi connectivity index (χ0) is 23.2. The molecule has 4 rings (SSSR count). The number of rotatable bonds is 8. The van der Waals surface area contributed by atoms with Crippen molar-refractivity contribution in [1.82, 2.24) is 14.5 Å². The van der Waals surface area contributed by atoms with Crippen LogP contribution in [0.1, 0.15) is 36.9 Å². The van der Waals surface area contributed by atoms with E-state index in [0.29, 0.717) is 24.3 Å². The van der Waals surface area contributed by atoms with Crippen molar-refractivity contribution in [3.05, 3.63) is 57.1 Å². The third kappa shape index (κ3) is 5.93. The van der Waals surface area contributed by atoms with Crippen molar-refractivity contribution in [2.45, 2.75) is 57.8 Å². The van der Waals surface area contributed by atoms with Crippen LogP contribution in [0.5, 0.6) is 0 Å². The number of hydrogen-bond acceptors (Lipinski definition) is 7. The van der Waals surface area contributed by atoms with E-state index >= 15 is 0 Å². The lowest BCUT2D eigenvalue weighted by atomic mass is 10.1. The first-order valence-corrected chi connectivity index (χ1v) is 11.9. The quantitative estimate of drug-likeness (QED) is 0.588. The summed E-state index contributed by atoms with van der Waals surface area (Å²) in [4.78, 5) is 32.3. The average Bonchev–Trinajstić information content (AvgIpc) is 3.32. The minimum absolute atomic E-state index is 0.154. The summed E-state index contributed by atoms with van der Waals surface area (Å²) in [5.41, 5.74) is 0.952. The number of likely N-dealkylation sites (tertiary alicyclic amines) is 1. The smallest absolute Gasteiger partial charge is 0.326 e. The molecular formula is C24H31ClN4O4. The number of anilines is 1. The van der Waals surface area contributed by atoms with Gasteiger partial charge in [-0.3, -0.25) is 19.1 Å². The molecule has 1 aromatic heterocycles. The fourth-order valence-electron chi connectivity index (χ4n) is 4.63. The molecule has 8 nitrogen and oxygen atoms in total. The lowest BCUT2D eigenvalue weighted by Crippen LogP contribution is -2.45. The molecule has 33 heavy (non-hydrogen) atoms. The molecule has 1 N–H and O–H groups in total. The highest BCUT2D eigenvalue weighted by molar-refractivity contribution is 6.30. The van der Waals surface area contributed by atoms with Crippen molar-refractivity contribution in [3.8, 4) is 0 Å². The molecule has 9 heteroatoms. The molecule has 3 heterocycles. The summed E-state index contributed by atoms with van der Waals surface area (Å²) >= 11 is 6.31. The fourth-order valence-corrected chi connectivity index (χ4v) is 4.81. The Balaban J connectivity index is 1.40. The standard InChI is InChI=1S/C24H31ClN4O4/c1-17-22(25)27-23(26-14-20-8-5-11-28(20)19-9-12-32-13-10-19)24(31)29(17)15-21(30)33-16-18-6-3-2-4-7-18/h2-4,6-7,19-20H,5,8-16H2,1H3,(H,26,27). The Hall–Kier alpha value is -2.42. The highest BCUT2D eigenvalue weighted by Crippen LogP contribution is 2.25. The van der Waals surface area contributed by atoms with Gasteiger partial charge >= 0.3 is 5.97 Å². The number of nitrogens with one attached hydrogen (secondary N) is 1. The summed E-state index contributed by atoms with van der Waals surface area (Å²) in [7, 11) is 0. The molecule has 0 amide bonds. The van der Waals surface area contributed by atoms with Gasteiger partial charge in [0.2, 0.25) is 0 Å². The van der Waals surface area contributed by atoms with Crippen molar-refractivity contribution in [3.63, 3.8) is 0 Å². The number of esters is 1. The van der Waals surface area contributed by atoms with E-state index in [1.165, 1.54) is 4.57 Å². The van der Waals surface area contributed by atoms with Gasteiger partial charge in [0.15, 0.2) is 11.0 Å². The molecule has 2 aliphatic heterocycles. The lowest BCUT2D eigenvalue weighted by Gasteiger charge is -2.35. The third-order valence-corrected chi connectivity index (χ3v) is 6.84. The highest BCUT2D eigenvalue weighted by Gasteiger charge is 2.31. The number of hydrogen-bond donors (Lipinski definition) is 1. The lowest BCUT2D eigenvalue weighted by molar-refractivity contribution is -0.145. The second-order valence-corrected chi connectivity index (χ2v) is 8.99. The van der Waals surface area contributed by atoms with Gasteiger partial charge in [0, 0.05) is 31.8 Å².